The van der Waals surface area contributed by atoms with E-state index in [-0.39, 0.29) is 5.41 Å². The van der Waals surface area contributed by atoms with Crippen LogP contribution in [0.1, 0.15) is 25.0 Å². The summed E-state index contributed by atoms with van der Waals surface area (Å²) >= 11 is 0. The van der Waals surface area contributed by atoms with E-state index in [0.717, 1.165) is 39.0 Å². The van der Waals surface area contributed by atoms with Gasteiger partial charge in [0, 0.05) is 33.2 Å². The van der Waals surface area contributed by atoms with Crippen molar-refractivity contribution in [2.24, 2.45) is 0 Å². The standard InChI is InChI=1S/C45H33NO/c1-45(2)41-17-8-6-15-37(41)39-28-33(21-25-42(39)45)32-13-10-14-35(27-32)46(34-22-19-31(20-23-34)30-11-4-3-5-12-30)36-24-26-44-40(29-36)38-16-7-9-18-43(38)47-44/h3-29H,1-2H3. The van der Waals surface area contributed by atoms with Crippen LogP contribution in [0.25, 0.3) is 55.3 Å². The second-order valence-electron chi connectivity index (χ2n) is 13.0. The quantitative estimate of drug-likeness (QED) is 0.195. The highest BCUT2D eigenvalue weighted by Gasteiger charge is 2.35. The summed E-state index contributed by atoms with van der Waals surface area (Å²) in [6, 6.07) is 59.0. The van der Waals surface area contributed by atoms with Crippen molar-refractivity contribution in [1.82, 2.24) is 0 Å². The zero-order valence-corrected chi connectivity index (χ0v) is 26.4. The van der Waals surface area contributed by atoms with Crippen molar-refractivity contribution in [1.29, 1.82) is 0 Å². The minimum Gasteiger partial charge on any atom is -0.456 e. The third kappa shape index (κ3) is 4.48. The first kappa shape index (κ1) is 27.5. The topological polar surface area (TPSA) is 16.4 Å². The monoisotopic (exact) mass is 603 g/mol. The lowest BCUT2D eigenvalue weighted by molar-refractivity contribution is 0.660. The Morgan fingerprint density at radius 1 is 0.404 bits per heavy atom. The van der Waals surface area contributed by atoms with Gasteiger partial charge in [-0.2, -0.15) is 0 Å². The predicted molar refractivity (Wildman–Crippen MR) is 197 cm³/mol. The predicted octanol–water partition coefficient (Wildman–Crippen LogP) is 12.7. The molecular formula is C45H33NO. The molecule has 1 aromatic heterocycles. The zero-order valence-electron chi connectivity index (χ0n) is 26.4. The van der Waals surface area contributed by atoms with Crippen LogP contribution in [0.4, 0.5) is 17.1 Å². The fourth-order valence-corrected chi connectivity index (χ4v) is 7.46. The zero-order chi connectivity index (χ0) is 31.5. The molecule has 0 unspecified atom stereocenters. The number of fused-ring (bicyclic) bond motifs is 6. The summed E-state index contributed by atoms with van der Waals surface area (Å²) in [4.78, 5) is 2.35. The van der Waals surface area contributed by atoms with Crippen LogP contribution < -0.4 is 4.90 Å². The summed E-state index contributed by atoms with van der Waals surface area (Å²) in [6.07, 6.45) is 0. The van der Waals surface area contributed by atoms with Crippen LogP contribution in [-0.2, 0) is 5.41 Å². The summed E-state index contributed by atoms with van der Waals surface area (Å²) in [7, 11) is 0. The highest BCUT2D eigenvalue weighted by atomic mass is 16.3. The van der Waals surface area contributed by atoms with Gasteiger partial charge < -0.3 is 9.32 Å². The lowest BCUT2D eigenvalue weighted by Gasteiger charge is -2.26. The van der Waals surface area contributed by atoms with Gasteiger partial charge in [0.05, 0.1) is 0 Å². The molecule has 1 aliphatic carbocycles. The van der Waals surface area contributed by atoms with E-state index in [1.165, 1.54) is 44.5 Å². The fraction of sp³-hybridized carbons (Fsp3) is 0.0667. The van der Waals surface area contributed by atoms with Crippen LogP contribution in [0, 0.1) is 0 Å². The van der Waals surface area contributed by atoms with Crippen LogP contribution in [0.2, 0.25) is 0 Å². The largest absolute Gasteiger partial charge is 0.456 e. The molecular weight excluding hydrogens is 571 g/mol. The first-order chi connectivity index (χ1) is 23.0. The normalized spacial score (nSPS) is 13.1. The van der Waals surface area contributed by atoms with Crippen molar-refractivity contribution in [3.8, 4) is 33.4 Å². The third-order valence-corrected chi connectivity index (χ3v) is 9.87. The first-order valence-electron chi connectivity index (χ1n) is 16.3. The number of para-hydroxylation sites is 1. The molecule has 0 spiro atoms. The van der Waals surface area contributed by atoms with Gasteiger partial charge in [-0.05, 0) is 99.1 Å². The Hall–Kier alpha value is -5.86. The number of nitrogens with zero attached hydrogens (tertiary/aromatic N) is 1. The SMILES string of the molecule is CC1(C)c2ccccc2-c2cc(-c3cccc(N(c4ccc(-c5ccccc5)cc4)c4ccc5oc6ccccc6c5c4)c3)ccc21. The van der Waals surface area contributed by atoms with Gasteiger partial charge in [-0.1, -0.05) is 123 Å². The molecule has 1 aliphatic rings. The molecule has 1 heterocycles. The Morgan fingerprint density at radius 3 is 1.89 bits per heavy atom. The van der Waals surface area contributed by atoms with Crippen molar-refractivity contribution in [2.45, 2.75) is 19.3 Å². The van der Waals surface area contributed by atoms with Crippen molar-refractivity contribution >= 4 is 39.0 Å². The smallest absolute Gasteiger partial charge is 0.135 e. The van der Waals surface area contributed by atoms with Crippen LogP contribution in [0.5, 0.6) is 0 Å². The van der Waals surface area contributed by atoms with Gasteiger partial charge in [-0.3, -0.25) is 0 Å². The molecule has 0 radical (unpaired) electrons. The van der Waals surface area contributed by atoms with E-state index < -0.39 is 0 Å². The van der Waals surface area contributed by atoms with Gasteiger partial charge in [-0.25, -0.2) is 0 Å². The Kier molecular flexibility index (Phi) is 6.20. The van der Waals surface area contributed by atoms with Crippen LogP contribution in [0.3, 0.4) is 0 Å². The van der Waals surface area contributed by atoms with Crippen LogP contribution >= 0.6 is 0 Å². The molecule has 8 aromatic rings. The summed E-state index contributed by atoms with van der Waals surface area (Å²) in [6.45, 7) is 4.66. The maximum Gasteiger partial charge on any atom is 0.135 e. The van der Waals surface area contributed by atoms with Gasteiger partial charge in [0.1, 0.15) is 11.2 Å². The summed E-state index contributed by atoms with van der Waals surface area (Å²) in [5, 5.41) is 2.24. The maximum absolute atomic E-state index is 6.20. The molecule has 0 fully saturated rings. The number of rotatable bonds is 5. The molecule has 9 rings (SSSR count). The van der Waals surface area contributed by atoms with Crippen molar-refractivity contribution in [2.75, 3.05) is 4.90 Å². The fourth-order valence-electron chi connectivity index (χ4n) is 7.46. The van der Waals surface area contributed by atoms with Gasteiger partial charge >= 0.3 is 0 Å². The Balaban J connectivity index is 1.18. The van der Waals surface area contributed by atoms with Crippen molar-refractivity contribution in [3.63, 3.8) is 0 Å². The Labute approximate surface area is 275 Å². The molecule has 0 saturated carbocycles. The van der Waals surface area contributed by atoms with Gasteiger partial charge in [0.2, 0.25) is 0 Å². The second kappa shape index (κ2) is 10.6. The highest BCUT2D eigenvalue weighted by Crippen LogP contribution is 2.50. The highest BCUT2D eigenvalue weighted by molar-refractivity contribution is 6.06. The average molecular weight is 604 g/mol. The second-order valence-corrected chi connectivity index (χ2v) is 13.0. The lowest BCUT2D eigenvalue weighted by atomic mass is 9.82. The molecule has 2 nitrogen and oxygen atoms in total. The number of hydrogen-bond acceptors (Lipinski definition) is 2. The summed E-state index contributed by atoms with van der Waals surface area (Å²) in [5.74, 6) is 0. The van der Waals surface area contributed by atoms with Crippen molar-refractivity contribution in [3.05, 3.63) is 175 Å². The number of benzene rings is 7. The van der Waals surface area contributed by atoms with E-state index in [2.05, 4.69) is 170 Å². The molecule has 0 amide bonds. The number of hydrogen-bond donors (Lipinski definition) is 0. The lowest BCUT2D eigenvalue weighted by Crippen LogP contribution is -2.14. The Morgan fingerprint density at radius 2 is 1.02 bits per heavy atom. The maximum atomic E-state index is 6.20. The molecule has 47 heavy (non-hydrogen) atoms. The molecule has 7 aromatic carbocycles. The van der Waals surface area contributed by atoms with E-state index >= 15 is 0 Å². The average Bonchev–Trinajstić information content (AvgIpc) is 3.61. The van der Waals surface area contributed by atoms with E-state index in [0.29, 0.717) is 0 Å². The van der Waals surface area contributed by atoms with Gasteiger partial charge in [0.15, 0.2) is 0 Å². The molecule has 0 N–H and O–H groups in total. The van der Waals surface area contributed by atoms with Crippen LogP contribution in [0.15, 0.2) is 168 Å². The van der Waals surface area contributed by atoms with E-state index in [9.17, 15) is 0 Å². The summed E-state index contributed by atoms with van der Waals surface area (Å²) < 4.78 is 6.20. The number of furan rings is 1. The third-order valence-electron chi connectivity index (χ3n) is 9.87. The molecule has 0 aliphatic heterocycles. The van der Waals surface area contributed by atoms with E-state index in [1.807, 2.05) is 12.1 Å². The van der Waals surface area contributed by atoms with Crippen LogP contribution in [-0.4, -0.2) is 0 Å². The van der Waals surface area contributed by atoms with Gasteiger partial charge in [0.25, 0.3) is 0 Å². The molecule has 224 valence electrons. The molecule has 0 atom stereocenters. The molecule has 0 saturated heterocycles. The number of anilines is 3. The first-order valence-corrected chi connectivity index (χ1v) is 16.3. The molecule has 0 bridgehead atoms. The summed E-state index contributed by atoms with van der Waals surface area (Å²) in [5.41, 5.74) is 15.3. The minimum absolute atomic E-state index is 0.00901. The van der Waals surface area contributed by atoms with Crippen molar-refractivity contribution < 1.29 is 4.42 Å². The Bertz CT molecular complexity index is 2430. The van der Waals surface area contributed by atoms with Gasteiger partial charge in [-0.15, -0.1) is 0 Å². The molecule has 2 heteroatoms. The minimum atomic E-state index is -0.00901. The van der Waals surface area contributed by atoms with E-state index in [1.54, 1.807) is 0 Å². The van der Waals surface area contributed by atoms with E-state index in [4.69, 9.17) is 4.42 Å².